The highest BCUT2D eigenvalue weighted by atomic mass is 19.1. The third kappa shape index (κ3) is 2.26. The van der Waals surface area contributed by atoms with E-state index in [4.69, 9.17) is 5.73 Å². The number of hydrogen-bond acceptors (Lipinski definition) is 3. The van der Waals surface area contributed by atoms with Crippen LogP contribution in [0.1, 0.15) is 5.56 Å². The standard InChI is InChI=1S/C13H14FN3/c1-17(13-11(14)6-4-8-16-13)12-7-3-2-5-10(12)9-15/h2-8H,9,15H2,1H3. The van der Waals surface area contributed by atoms with Gasteiger partial charge in [-0.2, -0.15) is 0 Å². The molecule has 0 bridgehead atoms. The van der Waals surface area contributed by atoms with Crippen LogP contribution < -0.4 is 10.6 Å². The normalized spacial score (nSPS) is 10.3. The molecule has 0 amide bonds. The lowest BCUT2D eigenvalue weighted by Crippen LogP contribution is -2.15. The number of aromatic nitrogens is 1. The van der Waals surface area contributed by atoms with E-state index in [2.05, 4.69) is 4.98 Å². The Balaban J connectivity index is 2.44. The van der Waals surface area contributed by atoms with Crippen molar-refractivity contribution in [3.05, 3.63) is 54.0 Å². The molecule has 4 heteroatoms. The zero-order valence-electron chi connectivity index (χ0n) is 9.60. The van der Waals surface area contributed by atoms with Crippen molar-refractivity contribution in [2.24, 2.45) is 5.73 Å². The second kappa shape index (κ2) is 4.93. The van der Waals surface area contributed by atoms with E-state index in [0.717, 1.165) is 11.3 Å². The van der Waals surface area contributed by atoms with Crippen LogP contribution in [0.2, 0.25) is 0 Å². The van der Waals surface area contributed by atoms with Gasteiger partial charge in [0, 0.05) is 25.5 Å². The van der Waals surface area contributed by atoms with Crippen molar-refractivity contribution < 1.29 is 4.39 Å². The van der Waals surface area contributed by atoms with Crippen LogP contribution in [0, 0.1) is 5.82 Å². The monoisotopic (exact) mass is 231 g/mol. The maximum absolute atomic E-state index is 13.6. The summed E-state index contributed by atoms with van der Waals surface area (Å²) in [5, 5.41) is 0. The SMILES string of the molecule is CN(c1ccccc1CN)c1ncccc1F. The molecule has 0 aliphatic rings. The van der Waals surface area contributed by atoms with Gasteiger partial charge in [-0.1, -0.05) is 18.2 Å². The van der Waals surface area contributed by atoms with Gasteiger partial charge in [-0.3, -0.25) is 0 Å². The zero-order valence-corrected chi connectivity index (χ0v) is 9.60. The largest absolute Gasteiger partial charge is 0.327 e. The topological polar surface area (TPSA) is 42.1 Å². The van der Waals surface area contributed by atoms with Crippen LogP contribution in [0.25, 0.3) is 0 Å². The van der Waals surface area contributed by atoms with E-state index in [0.29, 0.717) is 12.4 Å². The fourth-order valence-corrected chi connectivity index (χ4v) is 1.75. The van der Waals surface area contributed by atoms with E-state index in [1.807, 2.05) is 24.3 Å². The summed E-state index contributed by atoms with van der Waals surface area (Å²) in [6.07, 6.45) is 1.57. The second-order valence-electron chi connectivity index (χ2n) is 3.70. The lowest BCUT2D eigenvalue weighted by molar-refractivity contribution is 0.621. The van der Waals surface area contributed by atoms with Gasteiger partial charge in [-0.05, 0) is 23.8 Å². The number of benzene rings is 1. The third-order valence-electron chi connectivity index (χ3n) is 2.63. The Kier molecular flexibility index (Phi) is 3.35. The number of para-hydroxylation sites is 1. The molecule has 0 aliphatic carbocycles. The molecular weight excluding hydrogens is 217 g/mol. The van der Waals surface area contributed by atoms with Crippen molar-refractivity contribution in [3.63, 3.8) is 0 Å². The molecule has 2 rings (SSSR count). The van der Waals surface area contributed by atoms with E-state index in [9.17, 15) is 4.39 Å². The molecule has 2 aromatic rings. The molecule has 1 heterocycles. The molecule has 88 valence electrons. The van der Waals surface area contributed by atoms with E-state index in [-0.39, 0.29) is 5.82 Å². The van der Waals surface area contributed by atoms with Gasteiger partial charge >= 0.3 is 0 Å². The molecule has 2 N–H and O–H groups in total. The molecule has 0 aliphatic heterocycles. The highest BCUT2D eigenvalue weighted by Gasteiger charge is 2.12. The van der Waals surface area contributed by atoms with Crippen LogP contribution in [0.3, 0.4) is 0 Å². The van der Waals surface area contributed by atoms with Crippen molar-refractivity contribution in [3.8, 4) is 0 Å². The first-order valence-electron chi connectivity index (χ1n) is 5.36. The molecule has 17 heavy (non-hydrogen) atoms. The molecular formula is C13H14FN3. The Hall–Kier alpha value is -1.94. The zero-order chi connectivity index (χ0) is 12.3. The van der Waals surface area contributed by atoms with Crippen LogP contribution in [0.5, 0.6) is 0 Å². The quantitative estimate of drug-likeness (QED) is 0.882. The average Bonchev–Trinajstić information content (AvgIpc) is 2.38. The molecule has 0 fully saturated rings. The number of hydrogen-bond donors (Lipinski definition) is 1. The number of nitrogens with zero attached hydrogens (tertiary/aromatic N) is 2. The lowest BCUT2D eigenvalue weighted by atomic mass is 10.1. The summed E-state index contributed by atoms with van der Waals surface area (Å²) in [6, 6.07) is 10.6. The van der Waals surface area contributed by atoms with Gasteiger partial charge < -0.3 is 10.6 Å². The Morgan fingerprint density at radius 2 is 2.00 bits per heavy atom. The first-order valence-corrected chi connectivity index (χ1v) is 5.36. The van der Waals surface area contributed by atoms with Crippen LogP contribution in [0.4, 0.5) is 15.9 Å². The Morgan fingerprint density at radius 3 is 2.71 bits per heavy atom. The highest BCUT2D eigenvalue weighted by molar-refractivity contribution is 5.63. The number of halogens is 1. The summed E-state index contributed by atoms with van der Waals surface area (Å²) in [7, 11) is 1.78. The molecule has 0 spiro atoms. The van der Waals surface area contributed by atoms with Gasteiger partial charge in [0.15, 0.2) is 11.6 Å². The fraction of sp³-hybridized carbons (Fsp3) is 0.154. The summed E-state index contributed by atoms with van der Waals surface area (Å²) in [5.41, 5.74) is 7.49. The maximum Gasteiger partial charge on any atom is 0.169 e. The maximum atomic E-state index is 13.6. The third-order valence-corrected chi connectivity index (χ3v) is 2.63. The van der Waals surface area contributed by atoms with E-state index in [1.54, 1.807) is 24.2 Å². The average molecular weight is 231 g/mol. The van der Waals surface area contributed by atoms with Crippen LogP contribution in [-0.2, 0) is 6.54 Å². The molecule has 0 unspecified atom stereocenters. The summed E-state index contributed by atoms with van der Waals surface area (Å²) >= 11 is 0. The predicted molar refractivity (Wildman–Crippen MR) is 66.6 cm³/mol. The van der Waals surface area contributed by atoms with Crippen LogP contribution >= 0.6 is 0 Å². The van der Waals surface area contributed by atoms with Gasteiger partial charge in [0.05, 0.1) is 0 Å². The first-order chi connectivity index (χ1) is 8.24. The van der Waals surface area contributed by atoms with Gasteiger partial charge in [0.25, 0.3) is 0 Å². The predicted octanol–water partition coefficient (Wildman–Crippen LogP) is 2.45. The van der Waals surface area contributed by atoms with Gasteiger partial charge in [0.2, 0.25) is 0 Å². The smallest absolute Gasteiger partial charge is 0.169 e. The molecule has 0 radical (unpaired) electrons. The number of rotatable bonds is 3. The van der Waals surface area contributed by atoms with Crippen molar-refractivity contribution in [2.45, 2.75) is 6.54 Å². The molecule has 1 aromatic heterocycles. The van der Waals surface area contributed by atoms with Crippen LogP contribution in [-0.4, -0.2) is 12.0 Å². The Bertz CT molecular complexity index is 514. The summed E-state index contributed by atoms with van der Waals surface area (Å²) < 4.78 is 13.6. The first kappa shape index (κ1) is 11.5. The number of nitrogens with two attached hydrogens (primary N) is 1. The molecule has 3 nitrogen and oxygen atoms in total. The summed E-state index contributed by atoms with van der Waals surface area (Å²) in [6.45, 7) is 0.412. The minimum absolute atomic E-state index is 0.299. The van der Waals surface area contributed by atoms with Gasteiger partial charge in [0.1, 0.15) is 0 Å². The van der Waals surface area contributed by atoms with E-state index >= 15 is 0 Å². The Labute approximate surface area is 99.7 Å². The molecule has 0 saturated carbocycles. The number of pyridine rings is 1. The molecule has 1 aromatic carbocycles. The summed E-state index contributed by atoms with van der Waals surface area (Å²) in [5.74, 6) is -0.0461. The van der Waals surface area contributed by atoms with Gasteiger partial charge in [-0.15, -0.1) is 0 Å². The van der Waals surface area contributed by atoms with Crippen LogP contribution in [0.15, 0.2) is 42.6 Å². The minimum Gasteiger partial charge on any atom is -0.327 e. The van der Waals surface area contributed by atoms with Crippen molar-refractivity contribution >= 4 is 11.5 Å². The van der Waals surface area contributed by atoms with E-state index < -0.39 is 0 Å². The van der Waals surface area contributed by atoms with Gasteiger partial charge in [-0.25, -0.2) is 9.37 Å². The van der Waals surface area contributed by atoms with E-state index in [1.165, 1.54) is 6.07 Å². The lowest BCUT2D eigenvalue weighted by Gasteiger charge is -2.21. The van der Waals surface area contributed by atoms with Crippen molar-refractivity contribution in [2.75, 3.05) is 11.9 Å². The summed E-state index contributed by atoms with van der Waals surface area (Å²) in [4.78, 5) is 5.75. The van der Waals surface area contributed by atoms with Crippen molar-refractivity contribution in [1.29, 1.82) is 0 Å². The second-order valence-corrected chi connectivity index (χ2v) is 3.70. The minimum atomic E-state index is -0.346. The molecule has 0 atom stereocenters. The van der Waals surface area contributed by atoms with Crippen molar-refractivity contribution in [1.82, 2.24) is 4.98 Å². The Morgan fingerprint density at radius 1 is 1.24 bits per heavy atom. The fourth-order valence-electron chi connectivity index (χ4n) is 1.75. The number of anilines is 2. The molecule has 0 saturated heterocycles. The highest BCUT2D eigenvalue weighted by Crippen LogP contribution is 2.26.